The SMILES string of the molecule is COC(=O)CCC(=O)Nc1ccc2c(c1)N(CCOc1ccc(C)cc1)C(=O)CO2. The summed E-state index contributed by atoms with van der Waals surface area (Å²) in [4.78, 5) is 37.2. The van der Waals surface area contributed by atoms with Gasteiger partial charge >= 0.3 is 5.97 Å². The van der Waals surface area contributed by atoms with E-state index >= 15 is 0 Å². The highest BCUT2D eigenvalue weighted by molar-refractivity contribution is 5.99. The summed E-state index contributed by atoms with van der Waals surface area (Å²) in [5.41, 5.74) is 2.21. The number of nitrogens with one attached hydrogen (secondary N) is 1. The number of aryl methyl sites for hydroxylation is 1. The first-order chi connectivity index (χ1) is 14.5. The van der Waals surface area contributed by atoms with E-state index < -0.39 is 5.97 Å². The standard InChI is InChI=1S/C22H24N2O6/c1-15-3-6-17(7-4-15)29-12-11-24-18-13-16(5-8-19(18)30-14-21(24)26)23-20(25)9-10-22(27)28-2/h3-8,13H,9-12,14H2,1-2H3,(H,23,25). The number of amides is 2. The Morgan fingerprint density at radius 3 is 2.63 bits per heavy atom. The lowest BCUT2D eigenvalue weighted by Crippen LogP contribution is -2.41. The lowest BCUT2D eigenvalue weighted by molar-refractivity contribution is -0.141. The molecule has 1 aliphatic rings. The molecule has 2 amide bonds. The predicted octanol–water partition coefficient (Wildman–Crippen LogP) is 2.69. The minimum absolute atomic E-state index is 0.00263. The van der Waals surface area contributed by atoms with Crippen LogP contribution < -0.4 is 19.7 Å². The Hall–Kier alpha value is -3.55. The molecule has 8 heteroatoms. The van der Waals surface area contributed by atoms with Crippen LogP contribution in [0.1, 0.15) is 18.4 Å². The van der Waals surface area contributed by atoms with Crippen molar-refractivity contribution >= 4 is 29.2 Å². The molecule has 1 heterocycles. The van der Waals surface area contributed by atoms with Crippen molar-refractivity contribution in [3.63, 3.8) is 0 Å². The van der Waals surface area contributed by atoms with Gasteiger partial charge in [0.2, 0.25) is 5.91 Å². The number of benzene rings is 2. The Labute approximate surface area is 174 Å². The summed E-state index contributed by atoms with van der Waals surface area (Å²) in [6.07, 6.45) is 0.00460. The van der Waals surface area contributed by atoms with Crippen molar-refractivity contribution in [3.8, 4) is 11.5 Å². The molecule has 30 heavy (non-hydrogen) atoms. The monoisotopic (exact) mass is 412 g/mol. The molecule has 0 saturated heterocycles. The summed E-state index contributed by atoms with van der Waals surface area (Å²) in [5.74, 6) is 0.321. The molecule has 0 fully saturated rings. The number of fused-ring (bicyclic) bond motifs is 1. The minimum atomic E-state index is -0.450. The molecule has 0 atom stereocenters. The summed E-state index contributed by atoms with van der Waals surface area (Å²) in [7, 11) is 1.28. The van der Waals surface area contributed by atoms with Gasteiger partial charge in [0.15, 0.2) is 6.61 Å². The first kappa shape index (κ1) is 21.2. The highest BCUT2D eigenvalue weighted by atomic mass is 16.5. The number of methoxy groups -OCH3 is 1. The van der Waals surface area contributed by atoms with Gasteiger partial charge in [0.1, 0.15) is 18.1 Å². The largest absolute Gasteiger partial charge is 0.492 e. The summed E-state index contributed by atoms with van der Waals surface area (Å²) in [5, 5.41) is 2.72. The number of ether oxygens (including phenoxy) is 3. The summed E-state index contributed by atoms with van der Waals surface area (Å²) >= 11 is 0. The van der Waals surface area contributed by atoms with E-state index in [1.54, 1.807) is 23.1 Å². The Balaban J connectivity index is 1.64. The van der Waals surface area contributed by atoms with E-state index in [-0.39, 0.29) is 31.3 Å². The first-order valence-corrected chi connectivity index (χ1v) is 9.59. The van der Waals surface area contributed by atoms with Crippen molar-refractivity contribution in [1.82, 2.24) is 0 Å². The zero-order chi connectivity index (χ0) is 21.5. The fourth-order valence-electron chi connectivity index (χ4n) is 2.96. The van der Waals surface area contributed by atoms with Gasteiger partial charge in [0.05, 0.1) is 25.8 Å². The number of carbonyl (C=O) groups is 3. The lowest BCUT2D eigenvalue weighted by atomic mass is 10.2. The molecule has 3 rings (SSSR count). The number of rotatable bonds is 8. The van der Waals surface area contributed by atoms with Crippen LogP contribution in [0, 0.1) is 6.92 Å². The van der Waals surface area contributed by atoms with Crippen molar-refractivity contribution < 1.29 is 28.6 Å². The van der Waals surface area contributed by atoms with E-state index in [4.69, 9.17) is 9.47 Å². The molecule has 2 aromatic carbocycles. The van der Waals surface area contributed by atoms with E-state index in [9.17, 15) is 14.4 Å². The van der Waals surface area contributed by atoms with Crippen molar-refractivity contribution in [2.75, 3.05) is 37.1 Å². The van der Waals surface area contributed by atoms with Crippen molar-refractivity contribution in [2.24, 2.45) is 0 Å². The number of hydrogen-bond acceptors (Lipinski definition) is 6. The molecule has 1 N–H and O–H groups in total. The van der Waals surface area contributed by atoms with Crippen LogP contribution in [0.25, 0.3) is 0 Å². The zero-order valence-corrected chi connectivity index (χ0v) is 17.0. The second-order valence-electron chi connectivity index (χ2n) is 6.80. The Morgan fingerprint density at radius 1 is 1.13 bits per heavy atom. The Bertz CT molecular complexity index is 926. The number of carbonyl (C=O) groups excluding carboxylic acids is 3. The topological polar surface area (TPSA) is 94.2 Å². The quantitative estimate of drug-likeness (QED) is 0.670. The van der Waals surface area contributed by atoms with Crippen LogP contribution in [0.15, 0.2) is 42.5 Å². The van der Waals surface area contributed by atoms with Gasteiger partial charge in [0, 0.05) is 12.1 Å². The minimum Gasteiger partial charge on any atom is -0.492 e. The third-order valence-electron chi connectivity index (χ3n) is 4.57. The molecule has 0 saturated carbocycles. The molecule has 0 aromatic heterocycles. The molecule has 0 radical (unpaired) electrons. The predicted molar refractivity (Wildman–Crippen MR) is 111 cm³/mol. The molecule has 0 bridgehead atoms. The molecule has 1 aliphatic heterocycles. The highest BCUT2D eigenvalue weighted by Gasteiger charge is 2.26. The van der Waals surface area contributed by atoms with E-state index in [0.717, 1.165) is 11.3 Å². The maximum Gasteiger partial charge on any atom is 0.306 e. The second-order valence-corrected chi connectivity index (χ2v) is 6.80. The lowest BCUT2D eigenvalue weighted by Gasteiger charge is -2.29. The van der Waals surface area contributed by atoms with Gasteiger partial charge in [-0.15, -0.1) is 0 Å². The Morgan fingerprint density at radius 2 is 1.90 bits per heavy atom. The fraction of sp³-hybridized carbons (Fsp3) is 0.318. The molecular weight excluding hydrogens is 388 g/mol. The number of nitrogens with zero attached hydrogens (tertiary/aromatic N) is 1. The molecule has 0 aliphatic carbocycles. The van der Waals surface area contributed by atoms with Gasteiger partial charge in [-0.3, -0.25) is 14.4 Å². The van der Waals surface area contributed by atoms with E-state index in [1.165, 1.54) is 7.11 Å². The maximum absolute atomic E-state index is 12.4. The van der Waals surface area contributed by atoms with Crippen LogP contribution >= 0.6 is 0 Å². The molecular formula is C22H24N2O6. The number of anilines is 2. The maximum atomic E-state index is 12.4. The third-order valence-corrected chi connectivity index (χ3v) is 4.57. The molecule has 2 aromatic rings. The van der Waals surface area contributed by atoms with Crippen LogP contribution in [0.5, 0.6) is 11.5 Å². The highest BCUT2D eigenvalue weighted by Crippen LogP contribution is 2.34. The molecule has 0 spiro atoms. The normalized spacial score (nSPS) is 12.6. The van der Waals surface area contributed by atoms with Gasteiger partial charge < -0.3 is 24.4 Å². The van der Waals surface area contributed by atoms with Crippen LogP contribution in [0.4, 0.5) is 11.4 Å². The average Bonchev–Trinajstić information content (AvgIpc) is 2.75. The molecule has 158 valence electrons. The number of hydrogen-bond donors (Lipinski definition) is 1. The average molecular weight is 412 g/mol. The van der Waals surface area contributed by atoms with Gasteiger partial charge in [-0.05, 0) is 37.3 Å². The van der Waals surface area contributed by atoms with Gasteiger partial charge in [-0.1, -0.05) is 17.7 Å². The molecule has 0 unspecified atom stereocenters. The van der Waals surface area contributed by atoms with Crippen molar-refractivity contribution in [2.45, 2.75) is 19.8 Å². The van der Waals surface area contributed by atoms with E-state index in [0.29, 0.717) is 30.3 Å². The summed E-state index contributed by atoms with van der Waals surface area (Å²) in [6.45, 7) is 2.59. The first-order valence-electron chi connectivity index (χ1n) is 9.59. The van der Waals surface area contributed by atoms with E-state index in [2.05, 4.69) is 10.1 Å². The fourth-order valence-corrected chi connectivity index (χ4v) is 2.96. The smallest absolute Gasteiger partial charge is 0.306 e. The van der Waals surface area contributed by atoms with Crippen LogP contribution in [0.2, 0.25) is 0 Å². The van der Waals surface area contributed by atoms with Crippen molar-refractivity contribution in [3.05, 3.63) is 48.0 Å². The molecule has 8 nitrogen and oxygen atoms in total. The van der Waals surface area contributed by atoms with Gasteiger partial charge in [-0.2, -0.15) is 0 Å². The summed E-state index contributed by atoms with van der Waals surface area (Å²) in [6, 6.07) is 12.7. The number of esters is 1. The van der Waals surface area contributed by atoms with E-state index in [1.807, 2.05) is 31.2 Å². The third kappa shape index (κ3) is 5.50. The summed E-state index contributed by atoms with van der Waals surface area (Å²) < 4.78 is 15.8. The van der Waals surface area contributed by atoms with Crippen LogP contribution in [0.3, 0.4) is 0 Å². The Kier molecular flexibility index (Phi) is 6.90. The van der Waals surface area contributed by atoms with Gasteiger partial charge in [0.25, 0.3) is 5.91 Å². The zero-order valence-electron chi connectivity index (χ0n) is 17.0. The van der Waals surface area contributed by atoms with Crippen LogP contribution in [-0.4, -0.2) is 44.7 Å². The van der Waals surface area contributed by atoms with Gasteiger partial charge in [-0.25, -0.2) is 0 Å². The second kappa shape index (κ2) is 9.78. The van der Waals surface area contributed by atoms with Crippen LogP contribution in [-0.2, 0) is 19.1 Å². The van der Waals surface area contributed by atoms with Crippen molar-refractivity contribution in [1.29, 1.82) is 0 Å².